The molecule has 0 aromatic heterocycles. The Balaban J connectivity index is 2.51. The molecule has 2 aromatic rings. The monoisotopic (exact) mass is 380 g/mol. The summed E-state index contributed by atoms with van der Waals surface area (Å²) in [7, 11) is -4.06. The molecule has 26 heavy (non-hydrogen) atoms. The van der Waals surface area contributed by atoms with Gasteiger partial charge in [0.15, 0.2) is 0 Å². The van der Waals surface area contributed by atoms with Gasteiger partial charge in [0.2, 0.25) is 5.82 Å². The van der Waals surface area contributed by atoms with Gasteiger partial charge in [-0.25, -0.2) is 8.42 Å². The zero-order valence-electron chi connectivity index (χ0n) is 14.8. The fourth-order valence-electron chi connectivity index (χ4n) is 2.50. The van der Waals surface area contributed by atoms with E-state index in [0.717, 1.165) is 24.1 Å². The number of benzene rings is 2. The van der Waals surface area contributed by atoms with Gasteiger partial charge in [-0.15, -0.1) is 0 Å². The van der Waals surface area contributed by atoms with E-state index < -0.39 is 26.5 Å². The van der Waals surface area contributed by atoms with E-state index in [1.807, 2.05) is 32.9 Å². The second kappa shape index (κ2) is 7.82. The van der Waals surface area contributed by atoms with Gasteiger partial charge in [0.25, 0.3) is 10.0 Å². The average Bonchev–Trinajstić information content (AvgIpc) is 2.59. The van der Waals surface area contributed by atoms with Crippen LogP contribution in [0.5, 0.6) is 0 Å². The number of nitro groups is 1. The number of rotatable bonds is 7. The van der Waals surface area contributed by atoms with Gasteiger partial charge in [0.1, 0.15) is 0 Å². The van der Waals surface area contributed by atoms with Crippen LogP contribution in [-0.2, 0) is 16.4 Å². The summed E-state index contributed by atoms with van der Waals surface area (Å²) in [6, 6.07) is 9.73. The van der Waals surface area contributed by atoms with Gasteiger partial charge in [-0.05, 0) is 36.1 Å². The van der Waals surface area contributed by atoms with Gasteiger partial charge in [-0.3, -0.25) is 14.4 Å². The number of anilines is 1. The minimum absolute atomic E-state index is 0.0264. The van der Waals surface area contributed by atoms with Crippen molar-refractivity contribution in [1.82, 2.24) is 0 Å². The Bertz CT molecular complexity index is 896. The molecule has 2 rings (SSSR count). The Kier molecular flexibility index (Phi) is 5.97. The van der Waals surface area contributed by atoms with E-state index in [0.29, 0.717) is 11.8 Å². The van der Waals surface area contributed by atoms with Crippen LogP contribution in [0.2, 0.25) is 0 Å². The van der Waals surface area contributed by atoms with Crippen LogP contribution >= 0.6 is 0 Å². The standard InChI is InChI=1S/C18H21FN2O4S/c1-4-14-5-7-15(8-6-14)20(12-13(2)3)26(24,25)16-9-10-18(21(22)23)17(19)11-16/h5-11,13H,4,12H2,1-3H3. The van der Waals surface area contributed by atoms with Crippen molar-refractivity contribution in [2.75, 3.05) is 10.8 Å². The number of halogens is 1. The summed E-state index contributed by atoms with van der Waals surface area (Å²) in [5, 5.41) is 10.7. The highest BCUT2D eigenvalue weighted by Gasteiger charge is 2.28. The van der Waals surface area contributed by atoms with Crippen molar-refractivity contribution in [3.8, 4) is 0 Å². The molecule has 0 saturated heterocycles. The van der Waals surface area contributed by atoms with Crippen LogP contribution in [0.1, 0.15) is 26.3 Å². The first kappa shape index (κ1) is 19.8. The second-order valence-electron chi connectivity index (χ2n) is 6.32. The molecule has 0 aliphatic heterocycles. The summed E-state index contributed by atoms with van der Waals surface area (Å²) in [6.45, 7) is 5.95. The van der Waals surface area contributed by atoms with Crippen molar-refractivity contribution in [2.24, 2.45) is 5.92 Å². The predicted molar refractivity (Wildman–Crippen MR) is 98.2 cm³/mol. The van der Waals surface area contributed by atoms with E-state index in [4.69, 9.17) is 0 Å². The van der Waals surface area contributed by atoms with Crippen molar-refractivity contribution in [2.45, 2.75) is 32.1 Å². The normalized spacial score (nSPS) is 11.6. The van der Waals surface area contributed by atoms with Crippen molar-refractivity contribution >= 4 is 21.4 Å². The van der Waals surface area contributed by atoms with Gasteiger partial charge < -0.3 is 0 Å². The molecule has 0 saturated carbocycles. The summed E-state index contributed by atoms with van der Waals surface area (Å²) in [5.41, 5.74) is 0.776. The zero-order chi connectivity index (χ0) is 19.5. The van der Waals surface area contributed by atoms with E-state index in [2.05, 4.69) is 0 Å². The van der Waals surface area contributed by atoms with Gasteiger partial charge >= 0.3 is 5.69 Å². The minimum atomic E-state index is -4.06. The zero-order valence-corrected chi connectivity index (χ0v) is 15.7. The molecule has 0 aliphatic rings. The quantitative estimate of drug-likeness (QED) is 0.534. The molecule has 0 fully saturated rings. The molecule has 0 bridgehead atoms. The molecular formula is C18H21FN2O4S. The van der Waals surface area contributed by atoms with Crippen molar-refractivity contribution < 1.29 is 17.7 Å². The SMILES string of the molecule is CCc1ccc(N(CC(C)C)S(=O)(=O)c2ccc([N+](=O)[O-])c(F)c2)cc1. The maximum atomic E-state index is 13.9. The lowest BCUT2D eigenvalue weighted by atomic mass is 10.1. The molecule has 140 valence electrons. The number of sulfonamides is 1. The van der Waals surface area contributed by atoms with Crippen molar-refractivity contribution in [1.29, 1.82) is 0 Å². The summed E-state index contributed by atoms with van der Waals surface area (Å²) < 4.78 is 41.2. The van der Waals surface area contributed by atoms with Gasteiger partial charge in [0, 0.05) is 18.7 Å². The van der Waals surface area contributed by atoms with Crippen molar-refractivity contribution in [3.05, 3.63) is 64.0 Å². The Labute approximate surface area is 152 Å². The Hall–Kier alpha value is -2.48. The smallest absolute Gasteiger partial charge is 0.266 e. The molecule has 2 aromatic carbocycles. The molecule has 0 spiro atoms. The average molecular weight is 380 g/mol. The topological polar surface area (TPSA) is 80.5 Å². The van der Waals surface area contributed by atoms with E-state index >= 15 is 0 Å². The summed E-state index contributed by atoms with van der Waals surface area (Å²) in [4.78, 5) is 9.54. The van der Waals surface area contributed by atoms with E-state index in [1.165, 1.54) is 4.31 Å². The number of nitrogens with zero attached hydrogens (tertiary/aromatic N) is 2. The number of nitro benzene ring substituents is 1. The molecule has 0 radical (unpaired) electrons. The fourth-order valence-corrected chi connectivity index (χ4v) is 4.14. The van der Waals surface area contributed by atoms with Crippen LogP contribution in [-0.4, -0.2) is 19.9 Å². The number of hydrogen-bond donors (Lipinski definition) is 0. The number of hydrogen-bond acceptors (Lipinski definition) is 4. The number of aryl methyl sites for hydroxylation is 1. The summed E-state index contributed by atoms with van der Waals surface area (Å²) in [6.07, 6.45) is 0.824. The van der Waals surface area contributed by atoms with Crippen LogP contribution in [0.4, 0.5) is 15.8 Å². The van der Waals surface area contributed by atoms with Crippen LogP contribution in [0.25, 0.3) is 0 Å². The lowest BCUT2D eigenvalue weighted by molar-refractivity contribution is -0.387. The van der Waals surface area contributed by atoms with Crippen LogP contribution in [0, 0.1) is 21.8 Å². The Morgan fingerprint density at radius 2 is 1.77 bits per heavy atom. The molecule has 0 unspecified atom stereocenters. The molecule has 6 nitrogen and oxygen atoms in total. The molecule has 0 N–H and O–H groups in total. The molecular weight excluding hydrogens is 359 g/mol. The molecule has 0 atom stereocenters. The largest absolute Gasteiger partial charge is 0.304 e. The van der Waals surface area contributed by atoms with Gasteiger partial charge in [0.05, 0.1) is 15.5 Å². The van der Waals surface area contributed by atoms with Crippen LogP contribution in [0.15, 0.2) is 47.4 Å². The second-order valence-corrected chi connectivity index (χ2v) is 8.18. The Morgan fingerprint density at radius 3 is 2.23 bits per heavy atom. The van der Waals surface area contributed by atoms with E-state index in [9.17, 15) is 22.9 Å². The summed E-state index contributed by atoms with van der Waals surface area (Å²) >= 11 is 0. The highest BCUT2D eigenvalue weighted by molar-refractivity contribution is 7.92. The third-order valence-electron chi connectivity index (χ3n) is 3.87. The third-order valence-corrected chi connectivity index (χ3v) is 5.66. The first-order chi connectivity index (χ1) is 12.2. The maximum absolute atomic E-state index is 13.9. The molecule has 0 heterocycles. The predicted octanol–water partition coefficient (Wildman–Crippen LogP) is 4.15. The van der Waals surface area contributed by atoms with Crippen LogP contribution in [0.3, 0.4) is 0 Å². The van der Waals surface area contributed by atoms with E-state index in [-0.39, 0.29) is 17.4 Å². The highest BCUT2D eigenvalue weighted by Crippen LogP contribution is 2.28. The van der Waals surface area contributed by atoms with E-state index in [1.54, 1.807) is 12.1 Å². The van der Waals surface area contributed by atoms with Crippen LogP contribution < -0.4 is 4.31 Å². The minimum Gasteiger partial charge on any atom is -0.266 e. The molecule has 8 heteroatoms. The third kappa shape index (κ3) is 4.19. The lowest BCUT2D eigenvalue weighted by Crippen LogP contribution is -2.34. The summed E-state index contributed by atoms with van der Waals surface area (Å²) in [5.74, 6) is -1.15. The first-order valence-electron chi connectivity index (χ1n) is 8.22. The van der Waals surface area contributed by atoms with Crippen molar-refractivity contribution in [3.63, 3.8) is 0 Å². The molecule has 0 amide bonds. The highest BCUT2D eigenvalue weighted by atomic mass is 32.2. The molecule has 0 aliphatic carbocycles. The van der Waals surface area contributed by atoms with Gasteiger partial charge in [-0.2, -0.15) is 4.39 Å². The van der Waals surface area contributed by atoms with Gasteiger partial charge in [-0.1, -0.05) is 32.9 Å². The first-order valence-corrected chi connectivity index (χ1v) is 9.66. The Morgan fingerprint density at radius 1 is 1.15 bits per heavy atom. The lowest BCUT2D eigenvalue weighted by Gasteiger charge is -2.26. The maximum Gasteiger partial charge on any atom is 0.304 e. The fraction of sp³-hybridized carbons (Fsp3) is 0.333.